The highest BCUT2D eigenvalue weighted by Crippen LogP contribution is 2.29. The van der Waals surface area contributed by atoms with Gasteiger partial charge in [0.05, 0.1) is 17.9 Å². The SMILES string of the molecule is COC(=O)c1ccc(CNC(=O)C(C)Sc2nnc(NCC(C)C)s2)cc1. The predicted molar refractivity (Wildman–Crippen MR) is 108 cm³/mol. The van der Waals surface area contributed by atoms with E-state index >= 15 is 0 Å². The second-order valence-corrected chi connectivity index (χ2v) is 8.88. The molecule has 1 aromatic carbocycles. The third kappa shape index (κ3) is 6.84. The number of aromatic nitrogens is 2. The summed E-state index contributed by atoms with van der Waals surface area (Å²) in [5.74, 6) is 0.0650. The first kappa shape index (κ1) is 21.2. The maximum absolute atomic E-state index is 12.3. The van der Waals surface area contributed by atoms with Crippen LogP contribution in [0, 0.1) is 5.92 Å². The molecule has 0 aliphatic carbocycles. The quantitative estimate of drug-likeness (QED) is 0.486. The average molecular weight is 409 g/mol. The van der Waals surface area contributed by atoms with Crippen molar-refractivity contribution in [2.45, 2.75) is 36.9 Å². The van der Waals surface area contributed by atoms with E-state index in [1.54, 1.807) is 24.3 Å². The maximum Gasteiger partial charge on any atom is 0.337 e. The summed E-state index contributed by atoms with van der Waals surface area (Å²) in [4.78, 5) is 23.7. The Morgan fingerprint density at radius 3 is 2.52 bits per heavy atom. The second kappa shape index (κ2) is 10.3. The lowest BCUT2D eigenvalue weighted by molar-refractivity contribution is -0.120. The number of rotatable bonds is 9. The van der Waals surface area contributed by atoms with Gasteiger partial charge in [0, 0.05) is 13.1 Å². The molecule has 1 atom stereocenters. The summed E-state index contributed by atoms with van der Waals surface area (Å²) in [6.45, 7) is 7.31. The van der Waals surface area contributed by atoms with Gasteiger partial charge in [-0.3, -0.25) is 4.79 Å². The van der Waals surface area contributed by atoms with Crippen molar-refractivity contribution in [3.05, 3.63) is 35.4 Å². The number of carbonyl (C=O) groups excluding carboxylic acids is 2. The number of methoxy groups -OCH3 is 1. The van der Waals surface area contributed by atoms with Gasteiger partial charge in [-0.15, -0.1) is 10.2 Å². The summed E-state index contributed by atoms with van der Waals surface area (Å²) in [5.41, 5.74) is 1.39. The Balaban J connectivity index is 1.80. The summed E-state index contributed by atoms with van der Waals surface area (Å²) >= 11 is 2.83. The Morgan fingerprint density at radius 1 is 1.19 bits per heavy atom. The molecule has 0 aliphatic heterocycles. The number of hydrogen-bond acceptors (Lipinski definition) is 8. The standard InChI is InChI=1S/C18H24N4O3S2/c1-11(2)9-20-17-21-22-18(27-17)26-12(3)15(23)19-10-13-5-7-14(8-6-13)16(24)25-4/h5-8,11-12H,9-10H2,1-4H3,(H,19,23)(H,20,21). The summed E-state index contributed by atoms with van der Waals surface area (Å²) in [5, 5.41) is 14.8. The van der Waals surface area contributed by atoms with Gasteiger partial charge < -0.3 is 15.4 Å². The van der Waals surface area contributed by atoms with Crippen LogP contribution >= 0.6 is 23.1 Å². The first-order chi connectivity index (χ1) is 12.9. The molecular formula is C18H24N4O3S2. The molecule has 7 nitrogen and oxygen atoms in total. The van der Waals surface area contributed by atoms with E-state index in [1.165, 1.54) is 30.2 Å². The van der Waals surface area contributed by atoms with Crippen LogP contribution < -0.4 is 10.6 Å². The van der Waals surface area contributed by atoms with Gasteiger partial charge in [-0.2, -0.15) is 0 Å². The van der Waals surface area contributed by atoms with Gasteiger partial charge in [-0.25, -0.2) is 4.79 Å². The molecule has 1 amide bonds. The van der Waals surface area contributed by atoms with Crippen LogP contribution in [0.2, 0.25) is 0 Å². The van der Waals surface area contributed by atoms with E-state index in [4.69, 9.17) is 0 Å². The molecule has 2 N–H and O–H groups in total. The van der Waals surface area contributed by atoms with Crippen molar-refractivity contribution in [1.29, 1.82) is 0 Å². The molecule has 0 radical (unpaired) electrons. The topological polar surface area (TPSA) is 93.2 Å². The maximum atomic E-state index is 12.3. The molecule has 146 valence electrons. The molecule has 1 unspecified atom stereocenters. The minimum absolute atomic E-state index is 0.0797. The molecule has 27 heavy (non-hydrogen) atoms. The van der Waals surface area contributed by atoms with Gasteiger partial charge in [-0.1, -0.05) is 49.1 Å². The zero-order chi connectivity index (χ0) is 19.8. The Bertz CT molecular complexity index is 762. The molecule has 2 rings (SSSR count). The van der Waals surface area contributed by atoms with Crippen LogP contribution in [-0.4, -0.2) is 41.0 Å². The Labute approximate surface area is 167 Å². The van der Waals surface area contributed by atoms with E-state index in [-0.39, 0.29) is 17.1 Å². The lowest BCUT2D eigenvalue weighted by Gasteiger charge is -2.10. The largest absolute Gasteiger partial charge is 0.465 e. The van der Waals surface area contributed by atoms with E-state index in [0.29, 0.717) is 18.0 Å². The van der Waals surface area contributed by atoms with Crippen molar-refractivity contribution in [3.8, 4) is 0 Å². The molecule has 0 saturated carbocycles. The van der Waals surface area contributed by atoms with Gasteiger partial charge in [0.2, 0.25) is 11.0 Å². The fourth-order valence-corrected chi connectivity index (χ4v) is 3.96. The number of ether oxygens (including phenoxy) is 1. The average Bonchev–Trinajstić information content (AvgIpc) is 3.11. The highest BCUT2D eigenvalue weighted by atomic mass is 32.2. The number of esters is 1. The van der Waals surface area contributed by atoms with Crippen molar-refractivity contribution in [1.82, 2.24) is 15.5 Å². The molecule has 1 aromatic heterocycles. The molecular weight excluding hydrogens is 384 g/mol. The van der Waals surface area contributed by atoms with Crippen LogP contribution in [0.3, 0.4) is 0 Å². The van der Waals surface area contributed by atoms with Gasteiger partial charge in [0.25, 0.3) is 0 Å². The lowest BCUT2D eigenvalue weighted by atomic mass is 10.1. The highest BCUT2D eigenvalue weighted by Gasteiger charge is 2.17. The van der Waals surface area contributed by atoms with Crippen LogP contribution in [0.5, 0.6) is 0 Å². The number of nitrogens with one attached hydrogen (secondary N) is 2. The predicted octanol–water partition coefficient (Wildman–Crippen LogP) is 3.19. The minimum Gasteiger partial charge on any atom is -0.465 e. The zero-order valence-corrected chi connectivity index (χ0v) is 17.4. The van der Waals surface area contributed by atoms with E-state index < -0.39 is 0 Å². The highest BCUT2D eigenvalue weighted by molar-refractivity contribution is 8.02. The Kier molecular flexibility index (Phi) is 8.05. The zero-order valence-electron chi connectivity index (χ0n) is 15.8. The summed E-state index contributed by atoms with van der Waals surface area (Å²) in [6.07, 6.45) is 0. The first-order valence-electron chi connectivity index (χ1n) is 8.58. The van der Waals surface area contributed by atoms with Crippen LogP contribution in [0.15, 0.2) is 28.6 Å². The monoisotopic (exact) mass is 408 g/mol. The number of nitrogens with zero attached hydrogens (tertiary/aromatic N) is 2. The van der Waals surface area contributed by atoms with Crippen LogP contribution in [0.1, 0.15) is 36.7 Å². The molecule has 2 aromatic rings. The van der Waals surface area contributed by atoms with Crippen molar-refractivity contribution < 1.29 is 14.3 Å². The van der Waals surface area contributed by atoms with Crippen LogP contribution in [0.25, 0.3) is 0 Å². The number of anilines is 1. The second-order valence-electron chi connectivity index (χ2n) is 6.31. The molecule has 0 saturated heterocycles. The molecule has 0 spiro atoms. The summed E-state index contributed by atoms with van der Waals surface area (Å²) in [6, 6.07) is 6.94. The molecule has 9 heteroatoms. The van der Waals surface area contributed by atoms with Crippen molar-refractivity contribution >= 4 is 40.1 Å². The van der Waals surface area contributed by atoms with Gasteiger partial charge in [-0.05, 0) is 30.5 Å². The number of carbonyl (C=O) groups is 2. The van der Waals surface area contributed by atoms with E-state index in [9.17, 15) is 9.59 Å². The minimum atomic E-state index is -0.380. The van der Waals surface area contributed by atoms with E-state index in [2.05, 4.69) is 39.4 Å². The molecule has 1 heterocycles. The number of thioether (sulfide) groups is 1. The van der Waals surface area contributed by atoms with Gasteiger partial charge in [0.1, 0.15) is 0 Å². The number of benzene rings is 1. The Hall–Kier alpha value is -2.13. The van der Waals surface area contributed by atoms with Crippen molar-refractivity contribution in [3.63, 3.8) is 0 Å². The van der Waals surface area contributed by atoms with Gasteiger partial charge >= 0.3 is 5.97 Å². The first-order valence-corrected chi connectivity index (χ1v) is 10.3. The smallest absolute Gasteiger partial charge is 0.337 e. The summed E-state index contributed by atoms with van der Waals surface area (Å²) in [7, 11) is 1.34. The molecule has 0 bridgehead atoms. The third-order valence-corrected chi connectivity index (χ3v) is 5.62. The van der Waals surface area contributed by atoms with Crippen molar-refractivity contribution in [2.75, 3.05) is 19.0 Å². The number of hydrogen-bond donors (Lipinski definition) is 2. The summed E-state index contributed by atoms with van der Waals surface area (Å²) < 4.78 is 5.42. The Morgan fingerprint density at radius 2 is 1.89 bits per heavy atom. The normalized spacial score (nSPS) is 11.9. The lowest BCUT2D eigenvalue weighted by Crippen LogP contribution is -2.30. The molecule has 0 aliphatic rings. The van der Waals surface area contributed by atoms with E-state index in [0.717, 1.165) is 21.6 Å². The third-order valence-electron chi connectivity index (χ3n) is 3.56. The van der Waals surface area contributed by atoms with E-state index in [1.807, 2.05) is 6.92 Å². The van der Waals surface area contributed by atoms with Gasteiger partial charge in [0.15, 0.2) is 4.34 Å². The fourth-order valence-electron chi connectivity index (χ4n) is 2.03. The molecule has 0 fully saturated rings. The van der Waals surface area contributed by atoms with Crippen LogP contribution in [-0.2, 0) is 16.1 Å². The fraction of sp³-hybridized carbons (Fsp3) is 0.444. The number of amides is 1. The van der Waals surface area contributed by atoms with Crippen LogP contribution in [0.4, 0.5) is 5.13 Å². The van der Waals surface area contributed by atoms with Crippen molar-refractivity contribution in [2.24, 2.45) is 5.92 Å².